The summed E-state index contributed by atoms with van der Waals surface area (Å²) in [5.74, 6) is -2.62. The van der Waals surface area contributed by atoms with Gasteiger partial charge < -0.3 is 4.18 Å². The van der Waals surface area contributed by atoms with Gasteiger partial charge in [0.05, 0.1) is 0 Å². The van der Waals surface area contributed by atoms with Gasteiger partial charge in [-0.1, -0.05) is 6.92 Å². The number of carbonyl (C=O) groups excluding carboxylic acids is 3. The van der Waals surface area contributed by atoms with Crippen LogP contribution in [-0.4, -0.2) is 31.3 Å². The highest BCUT2D eigenvalue weighted by Gasteiger charge is 2.35. The molecule has 1 aliphatic rings. The summed E-state index contributed by atoms with van der Waals surface area (Å²) >= 11 is 0. The lowest BCUT2D eigenvalue weighted by atomic mass is 10.4. The standard InChI is InChI=1S/C7H9NO7S/c1-2-7(11)14-16(12,13)15-8-5(9)3-4-6(8)10/h2-4H2,1H3. The molecular formula is C7H9NO7S. The number of rotatable bonds is 4. The second kappa shape index (κ2) is 4.58. The SMILES string of the molecule is CCC(=O)OS(=O)(=O)ON1C(=O)CCC1=O. The first kappa shape index (κ1) is 12.6. The molecule has 0 atom stereocenters. The minimum atomic E-state index is -4.71. The molecule has 8 nitrogen and oxygen atoms in total. The Morgan fingerprint density at radius 2 is 1.81 bits per heavy atom. The number of hydrogen-bond acceptors (Lipinski definition) is 7. The van der Waals surface area contributed by atoms with Crippen LogP contribution in [-0.2, 0) is 33.2 Å². The molecule has 16 heavy (non-hydrogen) atoms. The Morgan fingerprint density at radius 3 is 2.25 bits per heavy atom. The van der Waals surface area contributed by atoms with E-state index in [9.17, 15) is 22.8 Å². The Kier molecular flexibility index (Phi) is 3.60. The zero-order valence-electron chi connectivity index (χ0n) is 8.33. The van der Waals surface area contributed by atoms with Gasteiger partial charge >= 0.3 is 16.4 Å². The molecule has 0 spiro atoms. The number of hydrogen-bond donors (Lipinski definition) is 0. The highest BCUT2D eigenvalue weighted by Crippen LogP contribution is 2.15. The van der Waals surface area contributed by atoms with Gasteiger partial charge in [-0.15, -0.1) is 9.35 Å². The Labute approximate surface area is 91.4 Å². The average molecular weight is 251 g/mol. The fourth-order valence-corrected chi connectivity index (χ4v) is 1.64. The fraction of sp³-hybridized carbons (Fsp3) is 0.571. The molecule has 0 aromatic heterocycles. The van der Waals surface area contributed by atoms with E-state index < -0.39 is 28.2 Å². The summed E-state index contributed by atoms with van der Waals surface area (Å²) in [7, 11) is -4.71. The minimum Gasteiger partial charge on any atom is -0.324 e. The van der Waals surface area contributed by atoms with E-state index in [0.717, 1.165) is 0 Å². The van der Waals surface area contributed by atoms with E-state index in [-0.39, 0.29) is 24.3 Å². The van der Waals surface area contributed by atoms with E-state index in [0.29, 0.717) is 0 Å². The van der Waals surface area contributed by atoms with E-state index in [1.165, 1.54) is 6.92 Å². The van der Waals surface area contributed by atoms with Crippen LogP contribution >= 0.6 is 0 Å². The summed E-state index contributed by atoms with van der Waals surface area (Å²) in [6.07, 6.45) is -0.434. The maximum Gasteiger partial charge on any atom is 0.473 e. The van der Waals surface area contributed by atoms with Crippen LogP contribution in [0.3, 0.4) is 0 Å². The van der Waals surface area contributed by atoms with E-state index in [1.807, 2.05) is 0 Å². The number of amides is 2. The van der Waals surface area contributed by atoms with Gasteiger partial charge in [0, 0.05) is 19.3 Å². The third-order valence-corrected chi connectivity index (χ3v) is 2.38. The maximum atomic E-state index is 11.0. The number of hydroxylamine groups is 2. The summed E-state index contributed by atoms with van der Waals surface area (Å²) in [4.78, 5) is 32.7. The van der Waals surface area contributed by atoms with Crippen LogP contribution in [0.15, 0.2) is 0 Å². The van der Waals surface area contributed by atoms with Gasteiger partial charge in [-0.3, -0.25) is 14.4 Å². The average Bonchev–Trinajstić information content (AvgIpc) is 2.48. The summed E-state index contributed by atoms with van der Waals surface area (Å²) in [5, 5.41) is 0.0816. The van der Waals surface area contributed by atoms with Gasteiger partial charge in [0.25, 0.3) is 11.8 Å². The normalized spacial score (nSPS) is 16.7. The lowest BCUT2D eigenvalue weighted by molar-refractivity contribution is -0.166. The Bertz CT molecular complexity index is 410. The predicted molar refractivity (Wildman–Crippen MR) is 47.5 cm³/mol. The highest BCUT2D eigenvalue weighted by atomic mass is 32.3. The first-order chi connectivity index (χ1) is 7.35. The second-order valence-electron chi connectivity index (χ2n) is 2.87. The number of nitrogens with zero attached hydrogens (tertiary/aromatic N) is 1. The Hall–Kier alpha value is -1.48. The predicted octanol–water partition coefficient (Wildman–Crippen LogP) is -0.735. The quantitative estimate of drug-likeness (QED) is 0.606. The van der Waals surface area contributed by atoms with Crippen LogP contribution < -0.4 is 0 Å². The van der Waals surface area contributed by atoms with Gasteiger partial charge in [-0.2, -0.15) is 8.42 Å². The van der Waals surface area contributed by atoms with Crippen molar-refractivity contribution in [1.29, 1.82) is 0 Å². The molecular weight excluding hydrogens is 242 g/mol. The first-order valence-electron chi connectivity index (χ1n) is 4.38. The Balaban J connectivity index is 2.69. The summed E-state index contributed by atoms with van der Waals surface area (Å²) in [6.45, 7) is 1.38. The molecule has 1 aliphatic heterocycles. The highest BCUT2D eigenvalue weighted by molar-refractivity contribution is 7.82. The number of imide groups is 1. The van der Waals surface area contributed by atoms with Crippen molar-refractivity contribution in [3.05, 3.63) is 0 Å². The van der Waals surface area contributed by atoms with Crippen LogP contribution in [0.1, 0.15) is 26.2 Å². The maximum absolute atomic E-state index is 11.0. The summed E-state index contributed by atoms with van der Waals surface area (Å²) in [5.41, 5.74) is 0. The Morgan fingerprint density at radius 1 is 1.31 bits per heavy atom. The monoisotopic (exact) mass is 251 g/mol. The summed E-state index contributed by atoms with van der Waals surface area (Å²) in [6, 6.07) is 0. The summed E-state index contributed by atoms with van der Waals surface area (Å²) < 4.78 is 30.0. The molecule has 1 heterocycles. The molecule has 0 aliphatic carbocycles. The molecule has 2 amide bonds. The lowest BCUT2D eigenvalue weighted by Crippen LogP contribution is -2.33. The molecule has 90 valence electrons. The van der Waals surface area contributed by atoms with Gasteiger partial charge in [0.1, 0.15) is 0 Å². The molecule has 9 heteroatoms. The zero-order valence-corrected chi connectivity index (χ0v) is 9.15. The van der Waals surface area contributed by atoms with Crippen molar-refractivity contribution < 1.29 is 31.3 Å². The third kappa shape index (κ3) is 3.00. The van der Waals surface area contributed by atoms with Crippen LogP contribution in [0.5, 0.6) is 0 Å². The third-order valence-electron chi connectivity index (χ3n) is 1.66. The van der Waals surface area contributed by atoms with Crippen molar-refractivity contribution >= 4 is 28.2 Å². The largest absolute Gasteiger partial charge is 0.473 e. The molecule has 1 rings (SSSR count). The zero-order chi connectivity index (χ0) is 12.3. The molecule has 1 saturated heterocycles. The van der Waals surface area contributed by atoms with E-state index in [2.05, 4.69) is 8.47 Å². The van der Waals surface area contributed by atoms with Crippen molar-refractivity contribution in [3.8, 4) is 0 Å². The molecule has 0 N–H and O–H groups in total. The van der Waals surface area contributed by atoms with Crippen molar-refractivity contribution in [3.63, 3.8) is 0 Å². The molecule has 0 bridgehead atoms. The molecule has 0 radical (unpaired) electrons. The van der Waals surface area contributed by atoms with Gasteiger partial charge in [-0.05, 0) is 0 Å². The molecule has 0 aromatic rings. The molecule has 0 aromatic carbocycles. The van der Waals surface area contributed by atoms with E-state index >= 15 is 0 Å². The van der Waals surface area contributed by atoms with E-state index in [4.69, 9.17) is 0 Å². The first-order valence-corrected chi connectivity index (χ1v) is 5.71. The van der Waals surface area contributed by atoms with Crippen LogP contribution in [0.25, 0.3) is 0 Å². The van der Waals surface area contributed by atoms with Crippen molar-refractivity contribution in [2.75, 3.05) is 0 Å². The van der Waals surface area contributed by atoms with Gasteiger partial charge in [0.2, 0.25) is 0 Å². The second-order valence-corrected chi connectivity index (χ2v) is 4.01. The van der Waals surface area contributed by atoms with Gasteiger partial charge in [-0.25, -0.2) is 0 Å². The van der Waals surface area contributed by atoms with Crippen LogP contribution in [0.2, 0.25) is 0 Å². The van der Waals surface area contributed by atoms with Gasteiger partial charge in [0.15, 0.2) is 0 Å². The lowest BCUT2D eigenvalue weighted by Gasteiger charge is -2.11. The smallest absolute Gasteiger partial charge is 0.324 e. The van der Waals surface area contributed by atoms with Crippen molar-refractivity contribution in [2.45, 2.75) is 26.2 Å². The minimum absolute atomic E-state index is 0.0816. The van der Waals surface area contributed by atoms with Crippen LogP contribution in [0, 0.1) is 0 Å². The fourth-order valence-electron chi connectivity index (χ4n) is 0.918. The topological polar surface area (TPSA) is 107 Å². The van der Waals surface area contributed by atoms with E-state index in [1.54, 1.807) is 0 Å². The van der Waals surface area contributed by atoms with Crippen LogP contribution in [0.4, 0.5) is 0 Å². The number of carbonyl (C=O) groups is 3. The van der Waals surface area contributed by atoms with Crippen molar-refractivity contribution in [2.24, 2.45) is 0 Å². The molecule has 0 unspecified atom stereocenters. The van der Waals surface area contributed by atoms with Crippen molar-refractivity contribution in [1.82, 2.24) is 5.06 Å². The molecule has 0 saturated carbocycles. The molecule has 1 fully saturated rings.